The van der Waals surface area contributed by atoms with E-state index in [9.17, 15) is 8.78 Å². The van der Waals surface area contributed by atoms with Crippen molar-refractivity contribution in [2.24, 2.45) is 5.92 Å². The van der Waals surface area contributed by atoms with E-state index in [2.05, 4.69) is 28.5 Å². The molecule has 3 heterocycles. The normalized spacial score (nSPS) is 16.5. The van der Waals surface area contributed by atoms with E-state index in [1.54, 1.807) is 26.3 Å². The molecule has 1 aliphatic rings. The minimum absolute atomic E-state index is 0.321. The Morgan fingerprint density at radius 3 is 2.46 bits per heavy atom. The monoisotopic (exact) mass is 536 g/mol. The van der Waals surface area contributed by atoms with Crippen molar-refractivity contribution in [3.8, 4) is 28.5 Å². The van der Waals surface area contributed by atoms with Gasteiger partial charge in [0, 0.05) is 24.4 Å². The quantitative estimate of drug-likeness (QED) is 0.229. The Balaban J connectivity index is 0.00000172. The topological polar surface area (TPSA) is 66.0 Å². The molecule has 8 heteroatoms. The van der Waals surface area contributed by atoms with Crippen LogP contribution in [0.5, 0.6) is 5.75 Å². The molecule has 4 aromatic rings. The third kappa shape index (κ3) is 5.34. The predicted molar refractivity (Wildman–Crippen MR) is 149 cm³/mol. The fourth-order valence-corrected chi connectivity index (χ4v) is 6.06. The summed E-state index contributed by atoms with van der Waals surface area (Å²) >= 11 is 0. The highest BCUT2D eigenvalue weighted by atomic mass is 19.2. The smallest absolute Gasteiger partial charge is 0.191 e. The second-order valence-corrected chi connectivity index (χ2v) is 9.86. The zero-order valence-corrected chi connectivity index (χ0v) is 23.7. The van der Waals surface area contributed by atoms with Crippen LogP contribution >= 0.6 is 0 Å². The Bertz CT molecular complexity index is 1410. The fourth-order valence-electron chi connectivity index (χ4n) is 6.06. The highest BCUT2D eigenvalue weighted by Gasteiger charge is 2.45. The number of aryl methyl sites for hydroxylation is 1. The van der Waals surface area contributed by atoms with Gasteiger partial charge in [0.2, 0.25) is 0 Å². The molecule has 0 N–H and O–H groups in total. The molecule has 0 spiro atoms. The molecule has 2 aromatic carbocycles. The van der Waals surface area contributed by atoms with Crippen molar-refractivity contribution >= 4 is 0 Å². The molecule has 208 valence electrons. The van der Waals surface area contributed by atoms with Gasteiger partial charge in [-0.25, -0.2) is 13.8 Å². The van der Waals surface area contributed by atoms with Crippen molar-refractivity contribution in [2.45, 2.75) is 78.7 Å². The number of fused-ring (bicyclic) bond motifs is 1. The molecule has 0 saturated heterocycles. The number of ether oxygens (including phenoxy) is 1. The lowest BCUT2D eigenvalue weighted by Crippen LogP contribution is -2.43. The molecule has 0 aliphatic carbocycles. The van der Waals surface area contributed by atoms with Crippen LogP contribution in [0.15, 0.2) is 47.0 Å². The zero-order chi connectivity index (χ0) is 28.2. The van der Waals surface area contributed by atoms with Gasteiger partial charge in [0.05, 0.1) is 18.9 Å². The van der Waals surface area contributed by atoms with Gasteiger partial charge in [0.25, 0.3) is 0 Å². The molecule has 0 radical (unpaired) electrons. The average Bonchev–Trinajstić information content (AvgIpc) is 3.59. The Hall–Kier alpha value is -3.55. The first-order valence-corrected chi connectivity index (χ1v) is 13.9. The molecule has 0 amide bonds. The summed E-state index contributed by atoms with van der Waals surface area (Å²) in [6.07, 6.45) is 6.06. The van der Waals surface area contributed by atoms with Crippen LogP contribution in [0.2, 0.25) is 0 Å². The maximum absolute atomic E-state index is 14.1. The Labute approximate surface area is 229 Å². The van der Waals surface area contributed by atoms with Crippen molar-refractivity contribution in [1.29, 1.82) is 0 Å². The van der Waals surface area contributed by atoms with Crippen LogP contribution < -0.4 is 4.74 Å². The van der Waals surface area contributed by atoms with E-state index >= 15 is 0 Å². The summed E-state index contributed by atoms with van der Waals surface area (Å²) in [6, 6.07) is 10.1. The summed E-state index contributed by atoms with van der Waals surface area (Å²) in [5.74, 6) is 2.26. The molecular weight excluding hydrogens is 498 g/mol. The largest absolute Gasteiger partial charge is 0.496 e. The zero-order valence-electron chi connectivity index (χ0n) is 23.7. The first-order valence-electron chi connectivity index (χ1n) is 13.9. The van der Waals surface area contributed by atoms with Crippen LogP contribution in [0.1, 0.15) is 70.7 Å². The molecule has 0 bridgehead atoms. The van der Waals surface area contributed by atoms with Crippen molar-refractivity contribution in [3.05, 3.63) is 71.5 Å². The van der Waals surface area contributed by atoms with Crippen LogP contribution in [-0.2, 0) is 18.4 Å². The van der Waals surface area contributed by atoms with E-state index in [1.807, 2.05) is 32.0 Å². The summed E-state index contributed by atoms with van der Waals surface area (Å²) in [7, 11) is 1.63. The number of nitrogens with zero attached hydrogens (tertiary/aromatic N) is 4. The van der Waals surface area contributed by atoms with E-state index < -0.39 is 11.6 Å². The van der Waals surface area contributed by atoms with E-state index in [0.717, 1.165) is 60.6 Å². The van der Waals surface area contributed by atoms with E-state index in [0.29, 0.717) is 29.7 Å². The Morgan fingerprint density at radius 2 is 1.82 bits per heavy atom. The number of hydrogen-bond acceptors (Lipinski definition) is 5. The molecule has 39 heavy (non-hydrogen) atoms. The maximum Gasteiger partial charge on any atom is 0.191 e. The molecule has 1 atom stereocenters. The number of benzene rings is 2. The number of halogens is 2. The minimum atomic E-state index is -0.827. The third-order valence-corrected chi connectivity index (χ3v) is 7.82. The van der Waals surface area contributed by atoms with Crippen molar-refractivity contribution < 1.29 is 17.9 Å². The summed E-state index contributed by atoms with van der Waals surface area (Å²) in [5, 5.41) is 9.41. The van der Waals surface area contributed by atoms with Gasteiger partial charge >= 0.3 is 0 Å². The SMILES string of the molecule is CC.CCC(CC)C1(Cc2ccc(F)c(F)c2)CCCn2c(-c3ccc(-c4cnc(C)o4)c(OC)c3)nnc21. The summed E-state index contributed by atoms with van der Waals surface area (Å²) < 4.78 is 41.4. The van der Waals surface area contributed by atoms with Crippen LogP contribution in [0, 0.1) is 24.5 Å². The highest BCUT2D eigenvalue weighted by molar-refractivity contribution is 5.71. The molecule has 1 unspecified atom stereocenters. The standard InChI is InChI=1S/C29H32F2N4O2.C2H6/c1-5-21(6-2)29(16-19-8-11-23(30)24(31)14-19)12-7-13-35-27(33-34-28(29)35)20-9-10-22(25(15-20)36-4)26-17-32-18(3)37-26;1-2/h8-11,14-15,17,21H,5-7,12-13,16H2,1-4H3;1-2H3. The van der Waals surface area contributed by atoms with Gasteiger partial charge in [-0.1, -0.05) is 52.7 Å². The summed E-state index contributed by atoms with van der Waals surface area (Å²) in [4.78, 5) is 4.20. The number of methoxy groups -OCH3 is 1. The second-order valence-electron chi connectivity index (χ2n) is 9.86. The molecule has 5 rings (SSSR count). The summed E-state index contributed by atoms with van der Waals surface area (Å²) in [5.41, 5.74) is 2.16. The number of rotatable bonds is 8. The third-order valence-electron chi connectivity index (χ3n) is 7.82. The molecular formula is C31H38F2N4O2. The summed E-state index contributed by atoms with van der Waals surface area (Å²) in [6.45, 7) is 11.0. The lowest BCUT2D eigenvalue weighted by molar-refractivity contribution is 0.182. The molecule has 0 fully saturated rings. The van der Waals surface area contributed by atoms with E-state index in [4.69, 9.17) is 14.3 Å². The first-order chi connectivity index (χ1) is 18.9. The van der Waals surface area contributed by atoms with Crippen molar-refractivity contribution in [1.82, 2.24) is 19.7 Å². The van der Waals surface area contributed by atoms with Gasteiger partial charge in [0.15, 0.2) is 29.1 Å². The van der Waals surface area contributed by atoms with Gasteiger partial charge in [-0.15, -0.1) is 10.2 Å². The van der Waals surface area contributed by atoms with Gasteiger partial charge in [0.1, 0.15) is 11.6 Å². The molecule has 1 aliphatic heterocycles. The van der Waals surface area contributed by atoms with Crippen LogP contribution in [0.3, 0.4) is 0 Å². The Morgan fingerprint density at radius 1 is 1.05 bits per heavy atom. The number of hydrogen-bond donors (Lipinski definition) is 0. The molecule has 0 saturated carbocycles. The van der Waals surface area contributed by atoms with Crippen LogP contribution in [0.4, 0.5) is 8.78 Å². The highest BCUT2D eigenvalue weighted by Crippen LogP contribution is 2.46. The second kappa shape index (κ2) is 12.1. The first kappa shape index (κ1) is 28.5. The van der Waals surface area contributed by atoms with Crippen LogP contribution in [-0.4, -0.2) is 26.9 Å². The maximum atomic E-state index is 14.1. The fraction of sp³-hybridized carbons (Fsp3) is 0.452. The van der Waals surface area contributed by atoms with Gasteiger partial charge in [-0.05, 0) is 55.0 Å². The Kier molecular flexibility index (Phi) is 8.83. The van der Waals surface area contributed by atoms with Crippen molar-refractivity contribution in [2.75, 3.05) is 7.11 Å². The average molecular weight is 537 g/mol. The van der Waals surface area contributed by atoms with Gasteiger partial charge in [-0.3, -0.25) is 0 Å². The van der Waals surface area contributed by atoms with Crippen LogP contribution in [0.25, 0.3) is 22.7 Å². The van der Waals surface area contributed by atoms with Gasteiger partial charge in [-0.2, -0.15) is 0 Å². The van der Waals surface area contributed by atoms with Gasteiger partial charge < -0.3 is 13.7 Å². The molecule has 2 aromatic heterocycles. The predicted octanol–water partition coefficient (Wildman–Crippen LogP) is 7.93. The van der Waals surface area contributed by atoms with Crippen molar-refractivity contribution in [3.63, 3.8) is 0 Å². The van der Waals surface area contributed by atoms with E-state index in [1.165, 1.54) is 12.1 Å². The number of oxazole rings is 1. The lowest BCUT2D eigenvalue weighted by atomic mass is 9.64. The van der Waals surface area contributed by atoms with E-state index in [-0.39, 0.29) is 5.41 Å². The number of aromatic nitrogens is 4. The lowest BCUT2D eigenvalue weighted by Gasteiger charge is -2.43. The minimum Gasteiger partial charge on any atom is -0.496 e. The molecule has 6 nitrogen and oxygen atoms in total.